The highest BCUT2D eigenvalue weighted by molar-refractivity contribution is 8.26. The van der Waals surface area contributed by atoms with Crippen molar-refractivity contribution in [2.45, 2.75) is 6.92 Å². The maximum absolute atomic E-state index is 14.6. The van der Waals surface area contributed by atoms with E-state index in [2.05, 4.69) is 5.10 Å². The fourth-order valence-electron chi connectivity index (χ4n) is 3.26. The fourth-order valence-corrected chi connectivity index (χ4v) is 4.50. The summed E-state index contributed by atoms with van der Waals surface area (Å²) in [7, 11) is 0. The lowest BCUT2D eigenvalue weighted by atomic mass is 10.1. The molecule has 1 amide bonds. The quantitative estimate of drug-likeness (QED) is 0.378. The van der Waals surface area contributed by atoms with Crippen LogP contribution >= 0.6 is 24.0 Å². The zero-order valence-corrected chi connectivity index (χ0v) is 19.0. The van der Waals surface area contributed by atoms with Gasteiger partial charge in [0.2, 0.25) is 0 Å². The van der Waals surface area contributed by atoms with Gasteiger partial charge in [-0.3, -0.25) is 9.69 Å². The summed E-state index contributed by atoms with van der Waals surface area (Å²) in [6.07, 6.45) is 3.29. The van der Waals surface area contributed by atoms with Crippen LogP contribution in [0.1, 0.15) is 12.5 Å². The number of carboxylic acid groups (broad SMARTS) is 1. The highest BCUT2D eigenvalue weighted by atomic mass is 32.2. The number of carbonyl (C=O) groups is 2. The third-order valence-electron chi connectivity index (χ3n) is 4.72. The summed E-state index contributed by atoms with van der Waals surface area (Å²) in [5.74, 6) is -2.34. The molecule has 1 saturated heterocycles. The molecular formula is C23H17FN3O4S2-. The minimum absolute atomic E-state index is 0.125. The van der Waals surface area contributed by atoms with Gasteiger partial charge in [0.25, 0.3) is 5.91 Å². The summed E-state index contributed by atoms with van der Waals surface area (Å²) in [6.45, 7) is 1.48. The number of hydrogen-bond donors (Lipinski definition) is 0. The van der Waals surface area contributed by atoms with Crippen molar-refractivity contribution >= 4 is 46.3 Å². The Balaban J connectivity index is 1.79. The van der Waals surface area contributed by atoms with Gasteiger partial charge >= 0.3 is 0 Å². The molecular weight excluding hydrogens is 465 g/mol. The number of hydrogen-bond acceptors (Lipinski definition) is 7. The second kappa shape index (κ2) is 9.55. The Bertz CT molecular complexity index is 1270. The Morgan fingerprint density at radius 2 is 2.03 bits per heavy atom. The molecule has 0 spiro atoms. The van der Waals surface area contributed by atoms with Gasteiger partial charge in [0.1, 0.15) is 10.0 Å². The normalized spacial score (nSPS) is 14.8. The SMILES string of the molecule is CCOc1ccc(-c2nn(-c3ccccc3)cc2/C=C2\SC(=S)N(CC(=O)[O-])C2=O)cc1F. The molecule has 1 aliphatic rings. The summed E-state index contributed by atoms with van der Waals surface area (Å²) in [4.78, 5) is 24.9. The number of carboxylic acids is 1. The van der Waals surface area contributed by atoms with Gasteiger partial charge in [0.15, 0.2) is 11.6 Å². The zero-order chi connectivity index (χ0) is 23.5. The first kappa shape index (κ1) is 22.7. The largest absolute Gasteiger partial charge is 0.548 e. The Morgan fingerprint density at radius 3 is 2.70 bits per heavy atom. The molecule has 0 saturated carbocycles. The van der Waals surface area contributed by atoms with Gasteiger partial charge in [-0.2, -0.15) is 5.10 Å². The summed E-state index contributed by atoms with van der Waals surface area (Å²) >= 11 is 6.13. The van der Waals surface area contributed by atoms with Crippen LogP contribution in [0.2, 0.25) is 0 Å². The molecule has 10 heteroatoms. The molecule has 3 aromatic rings. The standard InChI is InChI=1S/C23H18FN3O4S2/c1-2-31-18-9-8-14(10-17(18)24)21-15(12-27(25-21)16-6-4-3-5-7-16)11-19-22(30)26(13-20(28)29)23(32)33-19/h3-12H,2,13H2,1H3,(H,28,29)/p-1/b19-11-. The first-order chi connectivity index (χ1) is 15.9. The highest BCUT2D eigenvalue weighted by Crippen LogP contribution is 2.35. The average Bonchev–Trinajstić information content (AvgIpc) is 3.32. The molecule has 0 radical (unpaired) electrons. The lowest BCUT2D eigenvalue weighted by Crippen LogP contribution is -2.40. The molecule has 2 heterocycles. The van der Waals surface area contributed by atoms with Crippen molar-refractivity contribution < 1.29 is 23.8 Å². The van der Waals surface area contributed by atoms with Gasteiger partial charge in [0.05, 0.1) is 29.7 Å². The first-order valence-electron chi connectivity index (χ1n) is 9.90. The second-order valence-corrected chi connectivity index (χ2v) is 8.61. The number of halogens is 1. The molecule has 0 bridgehead atoms. The van der Waals surface area contributed by atoms with E-state index in [0.717, 1.165) is 22.3 Å². The van der Waals surface area contributed by atoms with Crippen molar-refractivity contribution in [2.75, 3.05) is 13.2 Å². The van der Waals surface area contributed by atoms with Crippen molar-refractivity contribution in [1.29, 1.82) is 0 Å². The van der Waals surface area contributed by atoms with E-state index in [4.69, 9.17) is 17.0 Å². The molecule has 0 unspecified atom stereocenters. The number of thioether (sulfide) groups is 1. The number of benzene rings is 2. The van der Waals surface area contributed by atoms with Gasteiger partial charge in [0, 0.05) is 17.3 Å². The summed E-state index contributed by atoms with van der Waals surface area (Å²) in [6, 6.07) is 13.8. The van der Waals surface area contributed by atoms with E-state index in [0.29, 0.717) is 23.4 Å². The Hall–Kier alpha value is -3.50. The van der Waals surface area contributed by atoms with E-state index in [-0.39, 0.29) is 15.0 Å². The van der Waals surface area contributed by atoms with E-state index in [9.17, 15) is 19.1 Å². The summed E-state index contributed by atoms with van der Waals surface area (Å²) in [5.41, 5.74) is 2.23. The molecule has 4 rings (SSSR count). The second-order valence-electron chi connectivity index (χ2n) is 6.93. The Morgan fingerprint density at radius 1 is 1.27 bits per heavy atom. The molecule has 168 valence electrons. The monoisotopic (exact) mass is 482 g/mol. The number of nitrogens with zero attached hydrogens (tertiary/aromatic N) is 3. The number of thiocarbonyl (C=S) groups is 1. The molecule has 0 atom stereocenters. The van der Waals surface area contributed by atoms with Crippen LogP contribution in [-0.4, -0.2) is 44.0 Å². The maximum Gasteiger partial charge on any atom is 0.266 e. The minimum atomic E-state index is -1.41. The van der Waals surface area contributed by atoms with Gasteiger partial charge in [-0.25, -0.2) is 9.07 Å². The number of carbonyl (C=O) groups excluding carboxylic acids is 2. The minimum Gasteiger partial charge on any atom is -0.548 e. The smallest absolute Gasteiger partial charge is 0.266 e. The summed E-state index contributed by atoms with van der Waals surface area (Å²) < 4.78 is 21.6. The van der Waals surface area contributed by atoms with E-state index < -0.39 is 24.2 Å². The summed E-state index contributed by atoms with van der Waals surface area (Å²) in [5, 5.41) is 15.6. The molecule has 2 aromatic carbocycles. The number of aromatic nitrogens is 2. The van der Waals surface area contributed by atoms with E-state index in [1.54, 1.807) is 29.9 Å². The predicted octanol–water partition coefficient (Wildman–Crippen LogP) is 3.03. The predicted molar refractivity (Wildman–Crippen MR) is 125 cm³/mol. The van der Waals surface area contributed by atoms with Gasteiger partial charge in [-0.15, -0.1) is 0 Å². The molecule has 7 nitrogen and oxygen atoms in total. The molecule has 33 heavy (non-hydrogen) atoms. The lowest BCUT2D eigenvalue weighted by molar-refractivity contribution is -0.305. The molecule has 1 aliphatic heterocycles. The van der Waals surface area contributed by atoms with Crippen LogP contribution in [-0.2, 0) is 9.59 Å². The molecule has 0 N–H and O–H groups in total. The number of aliphatic carboxylic acids is 1. The third kappa shape index (κ3) is 4.81. The Labute approximate surface area is 198 Å². The fraction of sp³-hybridized carbons (Fsp3) is 0.130. The van der Waals surface area contributed by atoms with Gasteiger partial charge in [-0.1, -0.05) is 42.2 Å². The van der Waals surface area contributed by atoms with Crippen LogP contribution in [0, 0.1) is 5.82 Å². The van der Waals surface area contributed by atoms with Crippen molar-refractivity contribution in [1.82, 2.24) is 14.7 Å². The van der Waals surface area contributed by atoms with Gasteiger partial charge < -0.3 is 14.6 Å². The lowest BCUT2D eigenvalue weighted by Gasteiger charge is -2.14. The van der Waals surface area contributed by atoms with Crippen molar-refractivity contribution in [3.8, 4) is 22.7 Å². The van der Waals surface area contributed by atoms with Crippen LogP contribution in [0.25, 0.3) is 23.0 Å². The molecule has 0 aliphatic carbocycles. The van der Waals surface area contributed by atoms with Crippen molar-refractivity contribution in [3.05, 3.63) is 71.0 Å². The van der Waals surface area contributed by atoms with Crippen molar-refractivity contribution in [2.24, 2.45) is 0 Å². The van der Waals surface area contributed by atoms with Crippen LogP contribution in [0.5, 0.6) is 5.75 Å². The van der Waals surface area contributed by atoms with Crippen LogP contribution < -0.4 is 9.84 Å². The van der Waals surface area contributed by atoms with E-state index >= 15 is 0 Å². The van der Waals surface area contributed by atoms with Crippen LogP contribution in [0.15, 0.2) is 59.6 Å². The van der Waals surface area contributed by atoms with E-state index in [1.807, 2.05) is 30.3 Å². The van der Waals surface area contributed by atoms with Crippen LogP contribution in [0.4, 0.5) is 4.39 Å². The van der Waals surface area contributed by atoms with Crippen molar-refractivity contribution in [3.63, 3.8) is 0 Å². The Kier molecular flexibility index (Phi) is 6.57. The molecule has 1 fully saturated rings. The number of rotatable bonds is 7. The third-order valence-corrected chi connectivity index (χ3v) is 6.09. The van der Waals surface area contributed by atoms with E-state index in [1.165, 1.54) is 12.1 Å². The maximum atomic E-state index is 14.6. The first-order valence-corrected chi connectivity index (χ1v) is 11.1. The number of amides is 1. The number of para-hydroxylation sites is 1. The van der Waals surface area contributed by atoms with Gasteiger partial charge in [-0.05, 0) is 43.3 Å². The average molecular weight is 483 g/mol. The topological polar surface area (TPSA) is 87.5 Å². The zero-order valence-electron chi connectivity index (χ0n) is 17.4. The molecule has 1 aromatic heterocycles. The van der Waals surface area contributed by atoms with Crippen LogP contribution in [0.3, 0.4) is 0 Å². The number of ether oxygens (including phenoxy) is 1. The highest BCUT2D eigenvalue weighted by Gasteiger charge is 2.32.